The lowest BCUT2D eigenvalue weighted by Crippen LogP contribution is -1.91. The summed E-state index contributed by atoms with van der Waals surface area (Å²) in [5, 5.41) is 0. The van der Waals surface area contributed by atoms with Crippen molar-refractivity contribution in [1.29, 1.82) is 0 Å². The van der Waals surface area contributed by atoms with Gasteiger partial charge in [0.25, 0.3) is 0 Å². The Kier molecular flexibility index (Phi) is 2.82. The second-order valence-electron chi connectivity index (χ2n) is 3.53. The number of halogens is 1. The van der Waals surface area contributed by atoms with Crippen molar-refractivity contribution in [2.24, 2.45) is 0 Å². The van der Waals surface area contributed by atoms with Crippen LogP contribution in [0.4, 0.5) is 0 Å². The molecule has 1 aromatic heterocycles. The van der Waals surface area contributed by atoms with Gasteiger partial charge in [0, 0.05) is 11.3 Å². The molecule has 15 heavy (non-hydrogen) atoms. The molecule has 0 unspecified atom stereocenters. The third-order valence-electron chi connectivity index (χ3n) is 2.14. The van der Waals surface area contributed by atoms with Crippen molar-refractivity contribution in [2.45, 2.75) is 13.8 Å². The molecule has 0 fully saturated rings. The monoisotopic (exact) mass is 262 g/mol. The van der Waals surface area contributed by atoms with Crippen LogP contribution >= 0.6 is 15.9 Å². The molecule has 0 radical (unpaired) electrons. The average molecular weight is 263 g/mol. The summed E-state index contributed by atoms with van der Waals surface area (Å²) in [7, 11) is 0. The van der Waals surface area contributed by atoms with E-state index in [1.54, 1.807) is 0 Å². The first kappa shape index (κ1) is 10.3. The van der Waals surface area contributed by atoms with Crippen molar-refractivity contribution in [3.05, 3.63) is 46.3 Å². The van der Waals surface area contributed by atoms with Crippen LogP contribution < -0.4 is 0 Å². The minimum absolute atomic E-state index is 0.638. The van der Waals surface area contributed by atoms with Crippen LogP contribution in [0, 0.1) is 13.8 Å². The molecule has 0 aliphatic carbocycles. The number of hydrogen-bond donors (Lipinski definition) is 0. The third kappa shape index (κ3) is 2.42. The van der Waals surface area contributed by atoms with E-state index in [-0.39, 0.29) is 0 Å². The van der Waals surface area contributed by atoms with E-state index >= 15 is 0 Å². The van der Waals surface area contributed by atoms with E-state index in [0.29, 0.717) is 4.73 Å². The van der Waals surface area contributed by atoms with Gasteiger partial charge in [-0.3, -0.25) is 0 Å². The highest BCUT2D eigenvalue weighted by molar-refractivity contribution is 9.10. The van der Waals surface area contributed by atoms with Gasteiger partial charge in [-0.2, -0.15) is 0 Å². The Balaban J connectivity index is 2.54. The van der Waals surface area contributed by atoms with Crippen LogP contribution in [0.5, 0.6) is 0 Å². The number of benzene rings is 1. The summed E-state index contributed by atoms with van der Waals surface area (Å²) in [4.78, 5) is 8.54. The van der Waals surface area contributed by atoms with Crippen LogP contribution in [0.25, 0.3) is 11.3 Å². The predicted molar refractivity (Wildman–Crippen MR) is 64.6 cm³/mol. The Morgan fingerprint density at radius 1 is 1.07 bits per heavy atom. The number of rotatable bonds is 1. The van der Waals surface area contributed by atoms with E-state index in [4.69, 9.17) is 0 Å². The van der Waals surface area contributed by atoms with Gasteiger partial charge in [0.2, 0.25) is 0 Å². The smallest absolute Gasteiger partial charge is 0.197 e. The zero-order valence-electron chi connectivity index (χ0n) is 8.66. The molecular weight excluding hydrogens is 252 g/mol. The van der Waals surface area contributed by atoms with Crippen molar-refractivity contribution in [3.63, 3.8) is 0 Å². The topological polar surface area (TPSA) is 25.8 Å². The van der Waals surface area contributed by atoms with E-state index < -0.39 is 0 Å². The van der Waals surface area contributed by atoms with Crippen molar-refractivity contribution in [2.75, 3.05) is 0 Å². The van der Waals surface area contributed by atoms with Crippen molar-refractivity contribution < 1.29 is 0 Å². The van der Waals surface area contributed by atoms with Crippen LogP contribution in [0.2, 0.25) is 0 Å². The molecule has 76 valence electrons. The van der Waals surface area contributed by atoms with E-state index in [9.17, 15) is 0 Å². The Morgan fingerprint density at radius 2 is 1.87 bits per heavy atom. The van der Waals surface area contributed by atoms with Crippen molar-refractivity contribution in [1.82, 2.24) is 9.97 Å². The van der Waals surface area contributed by atoms with Gasteiger partial charge in [-0.15, -0.1) is 0 Å². The van der Waals surface area contributed by atoms with Gasteiger partial charge < -0.3 is 0 Å². The van der Waals surface area contributed by atoms with Gasteiger partial charge in [-0.1, -0.05) is 23.8 Å². The summed E-state index contributed by atoms with van der Waals surface area (Å²) < 4.78 is 0.638. The number of aryl methyl sites for hydroxylation is 2. The van der Waals surface area contributed by atoms with E-state index in [1.165, 1.54) is 5.56 Å². The Bertz CT molecular complexity index is 474. The zero-order valence-corrected chi connectivity index (χ0v) is 10.2. The molecule has 0 bridgehead atoms. The molecule has 2 aromatic rings. The summed E-state index contributed by atoms with van der Waals surface area (Å²) in [6, 6.07) is 10.3. The number of nitrogens with zero attached hydrogens (tertiary/aromatic N) is 2. The molecule has 1 aromatic carbocycles. The lowest BCUT2D eigenvalue weighted by atomic mass is 10.1. The van der Waals surface area contributed by atoms with Crippen molar-refractivity contribution in [3.8, 4) is 11.3 Å². The van der Waals surface area contributed by atoms with E-state index in [1.807, 2.05) is 19.1 Å². The van der Waals surface area contributed by atoms with E-state index in [0.717, 1.165) is 17.0 Å². The first-order chi connectivity index (χ1) is 7.15. The summed E-state index contributed by atoms with van der Waals surface area (Å²) >= 11 is 3.31. The molecule has 1 heterocycles. The molecule has 0 spiro atoms. The highest BCUT2D eigenvalue weighted by atomic mass is 79.9. The number of aromatic nitrogens is 2. The molecule has 0 amide bonds. The summed E-state index contributed by atoms with van der Waals surface area (Å²) in [5.41, 5.74) is 4.28. The molecule has 0 aliphatic heterocycles. The maximum atomic E-state index is 4.35. The van der Waals surface area contributed by atoms with Crippen LogP contribution in [-0.4, -0.2) is 9.97 Å². The summed E-state index contributed by atoms with van der Waals surface area (Å²) in [5.74, 6) is 0. The van der Waals surface area contributed by atoms with Gasteiger partial charge >= 0.3 is 0 Å². The zero-order chi connectivity index (χ0) is 10.8. The lowest BCUT2D eigenvalue weighted by molar-refractivity contribution is 1.06. The second kappa shape index (κ2) is 4.11. The minimum Gasteiger partial charge on any atom is -0.227 e. The maximum Gasteiger partial charge on any atom is 0.197 e. The van der Waals surface area contributed by atoms with Crippen molar-refractivity contribution >= 4 is 15.9 Å². The standard InChI is InChI=1S/C12H11BrN2/c1-8-4-3-5-10(6-8)11-7-9(2)14-12(13)15-11/h3-7H,1-2H3. The fourth-order valence-electron chi connectivity index (χ4n) is 1.48. The highest BCUT2D eigenvalue weighted by Gasteiger charge is 2.02. The largest absolute Gasteiger partial charge is 0.227 e. The SMILES string of the molecule is Cc1cccc(-c2cc(C)nc(Br)n2)c1. The van der Waals surface area contributed by atoms with Gasteiger partial charge in [-0.25, -0.2) is 9.97 Å². The quantitative estimate of drug-likeness (QED) is 0.735. The molecule has 0 saturated carbocycles. The average Bonchev–Trinajstić information content (AvgIpc) is 2.16. The molecule has 0 saturated heterocycles. The fourth-order valence-corrected chi connectivity index (χ4v) is 1.96. The molecule has 2 nitrogen and oxygen atoms in total. The number of hydrogen-bond acceptors (Lipinski definition) is 2. The highest BCUT2D eigenvalue weighted by Crippen LogP contribution is 2.20. The maximum absolute atomic E-state index is 4.35. The Hall–Kier alpha value is -1.22. The molecule has 0 N–H and O–H groups in total. The van der Waals surface area contributed by atoms with Crippen LogP contribution in [0.3, 0.4) is 0 Å². The molecule has 2 rings (SSSR count). The minimum atomic E-state index is 0.638. The normalized spacial score (nSPS) is 10.3. The van der Waals surface area contributed by atoms with Crippen LogP contribution in [0.1, 0.15) is 11.3 Å². The van der Waals surface area contributed by atoms with Crippen LogP contribution in [-0.2, 0) is 0 Å². The van der Waals surface area contributed by atoms with Gasteiger partial charge in [0.15, 0.2) is 4.73 Å². The summed E-state index contributed by atoms with van der Waals surface area (Å²) in [6.07, 6.45) is 0. The van der Waals surface area contributed by atoms with Gasteiger partial charge in [-0.05, 0) is 41.9 Å². The molecular formula is C12H11BrN2. The molecule has 0 atom stereocenters. The Labute approximate surface area is 97.5 Å². The van der Waals surface area contributed by atoms with Crippen LogP contribution in [0.15, 0.2) is 35.1 Å². The predicted octanol–water partition coefficient (Wildman–Crippen LogP) is 3.52. The molecule has 0 aliphatic rings. The van der Waals surface area contributed by atoms with Gasteiger partial charge in [0.1, 0.15) is 0 Å². The lowest BCUT2D eigenvalue weighted by Gasteiger charge is -2.03. The Morgan fingerprint density at radius 3 is 2.53 bits per heavy atom. The second-order valence-corrected chi connectivity index (χ2v) is 4.24. The summed E-state index contributed by atoms with van der Waals surface area (Å²) in [6.45, 7) is 4.04. The van der Waals surface area contributed by atoms with E-state index in [2.05, 4.69) is 51.0 Å². The van der Waals surface area contributed by atoms with Gasteiger partial charge in [0.05, 0.1) is 5.69 Å². The molecule has 3 heteroatoms. The first-order valence-corrected chi connectivity index (χ1v) is 5.53. The fraction of sp³-hybridized carbons (Fsp3) is 0.167. The first-order valence-electron chi connectivity index (χ1n) is 4.73. The third-order valence-corrected chi connectivity index (χ3v) is 2.50.